The summed E-state index contributed by atoms with van der Waals surface area (Å²) in [5.74, 6) is -0.435. The highest BCUT2D eigenvalue weighted by molar-refractivity contribution is 9.10. The minimum Gasteiger partial charge on any atom is -0.460 e. The first kappa shape index (κ1) is 14.3. The number of ether oxygens (including phenoxy) is 2. The molecule has 8 heteroatoms. The van der Waals surface area contributed by atoms with Crippen LogP contribution in [0.1, 0.15) is 17.5 Å². The Morgan fingerprint density at radius 2 is 2.24 bits per heavy atom. The van der Waals surface area contributed by atoms with Gasteiger partial charge >= 0.3 is 5.97 Å². The Kier molecular flexibility index (Phi) is 4.07. The van der Waals surface area contributed by atoms with Crippen molar-refractivity contribution >= 4 is 33.2 Å². The Morgan fingerprint density at radius 1 is 1.48 bits per heavy atom. The van der Waals surface area contributed by atoms with E-state index >= 15 is 0 Å². The molecular formula is C13H15BrN4O3. The molecule has 21 heavy (non-hydrogen) atoms. The van der Waals surface area contributed by atoms with Crippen LogP contribution in [0.4, 0.5) is 5.69 Å². The maximum Gasteiger partial charge on any atom is 0.378 e. The number of anilines is 1. The number of pyridine rings is 1. The largest absolute Gasteiger partial charge is 0.460 e. The highest BCUT2D eigenvalue weighted by Gasteiger charge is 2.20. The molecule has 2 aromatic rings. The van der Waals surface area contributed by atoms with E-state index in [2.05, 4.69) is 30.9 Å². The van der Waals surface area contributed by atoms with Gasteiger partial charge in [0.15, 0.2) is 5.65 Å². The molecule has 0 amide bonds. The van der Waals surface area contributed by atoms with Gasteiger partial charge in [0, 0.05) is 23.8 Å². The van der Waals surface area contributed by atoms with Crippen LogP contribution >= 0.6 is 15.9 Å². The van der Waals surface area contributed by atoms with Crippen molar-refractivity contribution in [2.45, 2.75) is 6.92 Å². The van der Waals surface area contributed by atoms with Gasteiger partial charge in [0.2, 0.25) is 0 Å². The molecule has 0 unspecified atom stereocenters. The third-order valence-corrected chi connectivity index (χ3v) is 3.62. The maximum atomic E-state index is 11.8. The molecule has 1 fully saturated rings. The number of hydrogen-bond donors (Lipinski definition) is 0. The van der Waals surface area contributed by atoms with Gasteiger partial charge in [-0.2, -0.15) is 4.98 Å². The van der Waals surface area contributed by atoms with Crippen molar-refractivity contribution in [2.75, 3.05) is 37.8 Å². The molecule has 0 aromatic carbocycles. The van der Waals surface area contributed by atoms with Crippen LogP contribution in [-0.4, -0.2) is 53.5 Å². The molecule has 0 bridgehead atoms. The van der Waals surface area contributed by atoms with Crippen molar-refractivity contribution in [3.63, 3.8) is 0 Å². The quantitative estimate of drug-likeness (QED) is 0.778. The first-order chi connectivity index (χ1) is 10.2. The van der Waals surface area contributed by atoms with E-state index in [0.717, 1.165) is 23.2 Å². The minimum absolute atomic E-state index is 0.0736. The lowest BCUT2D eigenvalue weighted by Crippen LogP contribution is -2.36. The zero-order valence-corrected chi connectivity index (χ0v) is 13.2. The number of esters is 1. The van der Waals surface area contributed by atoms with Crippen molar-refractivity contribution in [1.82, 2.24) is 14.6 Å². The van der Waals surface area contributed by atoms with E-state index in [1.165, 1.54) is 0 Å². The van der Waals surface area contributed by atoms with Crippen molar-refractivity contribution in [3.05, 3.63) is 22.6 Å². The lowest BCUT2D eigenvalue weighted by atomic mass is 10.3. The zero-order valence-electron chi connectivity index (χ0n) is 11.6. The van der Waals surface area contributed by atoms with E-state index < -0.39 is 5.97 Å². The lowest BCUT2D eigenvalue weighted by Gasteiger charge is -2.28. The van der Waals surface area contributed by atoms with Crippen LogP contribution in [0.5, 0.6) is 0 Å². The molecule has 0 radical (unpaired) electrons. The fourth-order valence-electron chi connectivity index (χ4n) is 2.26. The number of rotatable bonds is 3. The summed E-state index contributed by atoms with van der Waals surface area (Å²) in [5.41, 5.74) is 1.57. The van der Waals surface area contributed by atoms with Crippen molar-refractivity contribution < 1.29 is 14.3 Å². The lowest BCUT2D eigenvalue weighted by molar-refractivity contribution is 0.0512. The van der Waals surface area contributed by atoms with Gasteiger partial charge in [0.05, 0.1) is 25.5 Å². The topological polar surface area (TPSA) is 69.0 Å². The summed E-state index contributed by atoms with van der Waals surface area (Å²) < 4.78 is 12.8. The first-order valence-electron chi connectivity index (χ1n) is 6.75. The van der Waals surface area contributed by atoms with Crippen molar-refractivity contribution in [1.29, 1.82) is 0 Å². The van der Waals surface area contributed by atoms with Gasteiger partial charge in [-0.1, -0.05) is 0 Å². The van der Waals surface area contributed by atoms with Gasteiger partial charge in [-0.25, -0.2) is 9.31 Å². The molecule has 0 spiro atoms. The molecule has 2 aromatic heterocycles. The molecule has 0 atom stereocenters. The Balaban J connectivity index is 2.04. The number of morpholine rings is 1. The summed E-state index contributed by atoms with van der Waals surface area (Å²) in [5, 5.41) is 4.19. The number of fused-ring (bicyclic) bond motifs is 1. The molecular weight excluding hydrogens is 340 g/mol. The minimum atomic E-state index is -0.509. The van der Waals surface area contributed by atoms with Gasteiger partial charge in [-0.15, -0.1) is 5.10 Å². The average Bonchev–Trinajstić information content (AvgIpc) is 2.91. The molecule has 0 N–H and O–H groups in total. The SMILES string of the molecule is CCOC(=O)c1nc2c(N3CCOCC3)cc(Br)cn2n1. The van der Waals surface area contributed by atoms with Gasteiger partial charge < -0.3 is 14.4 Å². The second-order valence-electron chi connectivity index (χ2n) is 4.57. The van der Waals surface area contributed by atoms with E-state index in [0.29, 0.717) is 25.5 Å². The summed E-state index contributed by atoms with van der Waals surface area (Å²) in [4.78, 5) is 18.3. The summed E-state index contributed by atoms with van der Waals surface area (Å²) >= 11 is 3.46. The summed E-state index contributed by atoms with van der Waals surface area (Å²) in [7, 11) is 0. The normalized spacial score (nSPS) is 15.4. The van der Waals surface area contributed by atoms with Crippen molar-refractivity contribution in [3.8, 4) is 0 Å². The zero-order chi connectivity index (χ0) is 14.8. The summed E-state index contributed by atoms with van der Waals surface area (Å²) in [6.07, 6.45) is 1.77. The number of carbonyl (C=O) groups is 1. The molecule has 3 heterocycles. The standard InChI is InChI=1S/C13H15BrN4O3/c1-2-21-13(19)11-15-12-10(17-3-5-20-6-4-17)7-9(14)8-18(12)16-11/h7-8H,2-6H2,1H3. The molecule has 7 nitrogen and oxygen atoms in total. The number of aromatic nitrogens is 3. The number of carbonyl (C=O) groups excluding carboxylic acids is 1. The number of hydrogen-bond acceptors (Lipinski definition) is 6. The molecule has 0 saturated carbocycles. The van der Waals surface area contributed by atoms with Crippen LogP contribution in [-0.2, 0) is 9.47 Å². The Morgan fingerprint density at radius 3 is 2.95 bits per heavy atom. The third-order valence-electron chi connectivity index (χ3n) is 3.19. The molecule has 3 rings (SSSR count). The molecule has 1 saturated heterocycles. The maximum absolute atomic E-state index is 11.8. The van der Waals surface area contributed by atoms with Crippen LogP contribution in [0, 0.1) is 0 Å². The highest BCUT2D eigenvalue weighted by Crippen LogP contribution is 2.25. The van der Waals surface area contributed by atoms with Gasteiger partial charge in [0.1, 0.15) is 0 Å². The molecule has 1 aliphatic rings. The predicted octanol–water partition coefficient (Wildman–Crippen LogP) is 1.51. The number of nitrogens with zero attached hydrogens (tertiary/aromatic N) is 4. The average molecular weight is 355 g/mol. The van der Waals surface area contributed by atoms with E-state index in [1.807, 2.05) is 6.07 Å². The van der Waals surface area contributed by atoms with E-state index in [4.69, 9.17) is 9.47 Å². The second-order valence-corrected chi connectivity index (χ2v) is 5.48. The van der Waals surface area contributed by atoms with Crippen LogP contribution in [0.3, 0.4) is 0 Å². The predicted molar refractivity (Wildman–Crippen MR) is 79.7 cm³/mol. The van der Waals surface area contributed by atoms with E-state index in [1.54, 1.807) is 17.6 Å². The van der Waals surface area contributed by atoms with Crippen LogP contribution in [0.15, 0.2) is 16.7 Å². The Hall–Kier alpha value is -1.67. The fourth-order valence-corrected chi connectivity index (χ4v) is 2.67. The number of halogens is 1. The van der Waals surface area contributed by atoms with Crippen molar-refractivity contribution in [2.24, 2.45) is 0 Å². The van der Waals surface area contributed by atoms with Crippen LogP contribution in [0.2, 0.25) is 0 Å². The monoisotopic (exact) mass is 354 g/mol. The highest BCUT2D eigenvalue weighted by atomic mass is 79.9. The third kappa shape index (κ3) is 2.86. The first-order valence-corrected chi connectivity index (χ1v) is 7.54. The van der Waals surface area contributed by atoms with Gasteiger partial charge in [0.25, 0.3) is 5.82 Å². The van der Waals surface area contributed by atoms with Crippen LogP contribution in [0.25, 0.3) is 5.65 Å². The van der Waals surface area contributed by atoms with Gasteiger partial charge in [-0.3, -0.25) is 0 Å². The Bertz CT molecular complexity index is 667. The molecule has 0 aliphatic carbocycles. The smallest absolute Gasteiger partial charge is 0.378 e. The molecule has 1 aliphatic heterocycles. The summed E-state index contributed by atoms with van der Waals surface area (Å²) in [6, 6.07) is 1.98. The Labute approximate surface area is 130 Å². The second kappa shape index (κ2) is 5.98. The van der Waals surface area contributed by atoms with Gasteiger partial charge in [-0.05, 0) is 28.9 Å². The molecule has 112 valence electrons. The van der Waals surface area contributed by atoms with Crippen LogP contribution < -0.4 is 4.90 Å². The van der Waals surface area contributed by atoms with E-state index in [-0.39, 0.29) is 5.82 Å². The van der Waals surface area contributed by atoms with E-state index in [9.17, 15) is 4.79 Å². The fraction of sp³-hybridized carbons (Fsp3) is 0.462. The summed E-state index contributed by atoms with van der Waals surface area (Å²) in [6.45, 7) is 4.98.